The van der Waals surface area contributed by atoms with Gasteiger partial charge in [-0.05, 0) is 36.4 Å². The van der Waals surface area contributed by atoms with Crippen LogP contribution >= 0.6 is 12.4 Å². The second-order valence-corrected chi connectivity index (χ2v) is 5.99. The standard InChI is InChI=1S/C17H26N2O2.ClH/c1-12-8-9-18-11-15(12)19-17(20)10-13(2)14-6-4-5-7-16(14)21-3;/h4-7,12-13,15,18H,8-11H2,1-3H3,(H,19,20);1H. The molecule has 1 aromatic carbocycles. The maximum absolute atomic E-state index is 12.3. The van der Waals surface area contributed by atoms with Gasteiger partial charge in [0.1, 0.15) is 5.75 Å². The number of benzene rings is 1. The molecular formula is C17H27ClN2O2. The van der Waals surface area contributed by atoms with Crippen LogP contribution in [0.3, 0.4) is 0 Å². The zero-order chi connectivity index (χ0) is 15.2. The zero-order valence-corrected chi connectivity index (χ0v) is 14.4. The van der Waals surface area contributed by atoms with E-state index < -0.39 is 0 Å². The summed E-state index contributed by atoms with van der Waals surface area (Å²) in [6.07, 6.45) is 1.61. The molecule has 1 saturated heterocycles. The van der Waals surface area contributed by atoms with Crippen molar-refractivity contribution >= 4 is 18.3 Å². The first-order valence-electron chi connectivity index (χ1n) is 7.74. The van der Waals surface area contributed by atoms with Crippen LogP contribution < -0.4 is 15.4 Å². The van der Waals surface area contributed by atoms with Crippen LogP contribution in [0.25, 0.3) is 0 Å². The van der Waals surface area contributed by atoms with Crippen LogP contribution in [0, 0.1) is 5.92 Å². The van der Waals surface area contributed by atoms with Crippen molar-refractivity contribution in [3.63, 3.8) is 0 Å². The Hall–Kier alpha value is -1.26. The summed E-state index contributed by atoms with van der Waals surface area (Å²) in [4.78, 5) is 12.3. The van der Waals surface area contributed by atoms with Gasteiger partial charge >= 0.3 is 0 Å². The summed E-state index contributed by atoms with van der Waals surface area (Å²) in [5.41, 5.74) is 1.09. The van der Waals surface area contributed by atoms with Crippen LogP contribution in [0.2, 0.25) is 0 Å². The highest BCUT2D eigenvalue weighted by molar-refractivity contribution is 5.85. The summed E-state index contributed by atoms with van der Waals surface area (Å²) in [6, 6.07) is 8.15. The number of methoxy groups -OCH3 is 1. The number of hydrogen-bond donors (Lipinski definition) is 2. The zero-order valence-electron chi connectivity index (χ0n) is 13.6. The van der Waals surface area contributed by atoms with Crippen molar-refractivity contribution < 1.29 is 9.53 Å². The van der Waals surface area contributed by atoms with Gasteiger partial charge in [-0.25, -0.2) is 0 Å². The fourth-order valence-corrected chi connectivity index (χ4v) is 2.91. The number of para-hydroxylation sites is 1. The van der Waals surface area contributed by atoms with Crippen LogP contribution in [-0.2, 0) is 4.79 Å². The second-order valence-electron chi connectivity index (χ2n) is 5.99. The van der Waals surface area contributed by atoms with Crippen molar-refractivity contribution in [3.05, 3.63) is 29.8 Å². The first-order valence-corrected chi connectivity index (χ1v) is 7.74. The summed E-state index contributed by atoms with van der Waals surface area (Å²) in [5, 5.41) is 6.50. The third-order valence-electron chi connectivity index (χ3n) is 4.34. The lowest BCUT2D eigenvalue weighted by molar-refractivity contribution is -0.122. The number of carbonyl (C=O) groups is 1. The molecule has 0 radical (unpaired) electrons. The molecule has 1 aliphatic rings. The third kappa shape index (κ3) is 4.89. The SMILES string of the molecule is COc1ccccc1C(C)CC(=O)NC1CNCCC1C.Cl. The van der Waals surface area contributed by atoms with Crippen molar-refractivity contribution in [3.8, 4) is 5.75 Å². The summed E-state index contributed by atoms with van der Waals surface area (Å²) in [5.74, 6) is 1.66. The molecule has 2 rings (SSSR count). The highest BCUT2D eigenvalue weighted by Crippen LogP contribution is 2.28. The largest absolute Gasteiger partial charge is 0.496 e. The van der Waals surface area contributed by atoms with Gasteiger partial charge in [-0.15, -0.1) is 12.4 Å². The molecule has 0 aromatic heterocycles. The summed E-state index contributed by atoms with van der Waals surface area (Å²) in [6.45, 7) is 6.19. The minimum Gasteiger partial charge on any atom is -0.496 e. The third-order valence-corrected chi connectivity index (χ3v) is 4.34. The van der Waals surface area contributed by atoms with E-state index in [9.17, 15) is 4.79 Å². The number of hydrogen-bond acceptors (Lipinski definition) is 3. The Morgan fingerprint density at radius 2 is 2.18 bits per heavy atom. The minimum atomic E-state index is 0. The van der Waals surface area contributed by atoms with E-state index in [-0.39, 0.29) is 30.3 Å². The highest BCUT2D eigenvalue weighted by atomic mass is 35.5. The van der Waals surface area contributed by atoms with E-state index in [2.05, 4.69) is 24.5 Å². The Kier molecular flexibility index (Phi) is 7.69. The van der Waals surface area contributed by atoms with Gasteiger partial charge in [0.25, 0.3) is 0 Å². The molecule has 0 bridgehead atoms. The number of carbonyl (C=O) groups excluding carboxylic acids is 1. The smallest absolute Gasteiger partial charge is 0.220 e. The number of nitrogens with one attached hydrogen (secondary N) is 2. The number of amides is 1. The first-order chi connectivity index (χ1) is 10.1. The molecule has 3 atom stereocenters. The fraction of sp³-hybridized carbons (Fsp3) is 0.588. The molecule has 124 valence electrons. The van der Waals surface area contributed by atoms with E-state index in [4.69, 9.17) is 4.74 Å². The molecule has 1 aromatic rings. The van der Waals surface area contributed by atoms with Gasteiger partial charge < -0.3 is 15.4 Å². The Morgan fingerprint density at radius 3 is 2.86 bits per heavy atom. The van der Waals surface area contributed by atoms with Gasteiger partial charge in [-0.3, -0.25) is 4.79 Å². The molecule has 1 amide bonds. The van der Waals surface area contributed by atoms with Crippen LogP contribution in [-0.4, -0.2) is 32.1 Å². The van der Waals surface area contributed by atoms with Gasteiger partial charge in [0.05, 0.1) is 7.11 Å². The Morgan fingerprint density at radius 1 is 1.45 bits per heavy atom. The van der Waals surface area contributed by atoms with Crippen molar-refractivity contribution in [1.29, 1.82) is 0 Å². The Balaban J connectivity index is 0.00000242. The molecule has 5 heteroatoms. The quantitative estimate of drug-likeness (QED) is 0.874. The Labute approximate surface area is 139 Å². The van der Waals surface area contributed by atoms with Crippen molar-refractivity contribution in [2.45, 2.75) is 38.6 Å². The molecule has 1 aliphatic heterocycles. The van der Waals surface area contributed by atoms with Crippen molar-refractivity contribution in [2.24, 2.45) is 5.92 Å². The lowest BCUT2D eigenvalue weighted by Crippen LogP contribution is -2.50. The molecular weight excluding hydrogens is 300 g/mol. The van der Waals surface area contributed by atoms with Crippen LogP contribution in [0.1, 0.15) is 38.2 Å². The summed E-state index contributed by atoms with van der Waals surface area (Å²) >= 11 is 0. The van der Waals surface area contributed by atoms with Crippen molar-refractivity contribution in [1.82, 2.24) is 10.6 Å². The van der Waals surface area contributed by atoms with E-state index >= 15 is 0 Å². The normalized spacial score (nSPS) is 22.3. The van der Waals surface area contributed by atoms with E-state index in [1.165, 1.54) is 0 Å². The molecule has 2 N–H and O–H groups in total. The molecule has 0 spiro atoms. The minimum absolute atomic E-state index is 0. The summed E-state index contributed by atoms with van der Waals surface area (Å²) in [7, 11) is 1.67. The van der Waals surface area contributed by atoms with Gasteiger partial charge in [-0.2, -0.15) is 0 Å². The first kappa shape index (κ1) is 18.8. The maximum Gasteiger partial charge on any atom is 0.220 e. The monoisotopic (exact) mass is 326 g/mol. The maximum atomic E-state index is 12.3. The second kappa shape index (κ2) is 9.01. The number of ether oxygens (including phenoxy) is 1. The van der Waals surface area contributed by atoms with Gasteiger partial charge in [0.2, 0.25) is 5.91 Å². The van der Waals surface area contributed by atoms with Gasteiger partial charge in [0.15, 0.2) is 0 Å². The predicted octanol–water partition coefficient (Wildman–Crippen LogP) is 2.72. The van der Waals surface area contributed by atoms with Crippen molar-refractivity contribution in [2.75, 3.05) is 20.2 Å². The molecule has 4 nitrogen and oxygen atoms in total. The van der Waals surface area contributed by atoms with Crippen LogP contribution in [0.5, 0.6) is 5.75 Å². The topological polar surface area (TPSA) is 50.4 Å². The molecule has 0 aliphatic carbocycles. The summed E-state index contributed by atoms with van der Waals surface area (Å²) < 4.78 is 5.37. The average Bonchev–Trinajstić information content (AvgIpc) is 2.49. The number of piperidine rings is 1. The van der Waals surface area contributed by atoms with E-state index in [1.807, 2.05) is 24.3 Å². The van der Waals surface area contributed by atoms with Crippen LogP contribution in [0.15, 0.2) is 24.3 Å². The lowest BCUT2D eigenvalue weighted by atomic mass is 9.93. The van der Waals surface area contributed by atoms with Gasteiger partial charge in [0, 0.05) is 19.0 Å². The molecule has 1 fully saturated rings. The molecule has 22 heavy (non-hydrogen) atoms. The van der Waals surface area contributed by atoms with E-state index in [0.717, 1.165) is 30.8 Å². The predicted molar refractivity (Wildman–Crippen MR) is 91.9 cm³/mol. The highest BCUT2D eigenvalue weighted by Gasteiger charge is 2.23. The van der Waals surface area contributed by atoms with E-state index in [1.54, 1.807) is 7.11 Å². The van der Waals surface area contributed by atoms with Gasteiger partial charge in [-0.1, -0.05) is 32.0 Å². The molecule has 3 unspecified atom stereocenters. The molecule has 0 saturated carbocycles. The molecule has 1 heterocycles. The van der Waals surface area contributed by atoms with E-state index in [0.29, 0.717) is 12.3 Å². The van der Waals surface area contributed by atoms with Crippen LogP contribution in [0.4, 0.5) is 0 Å². The Bertz CT molecular complexity index is 481. The fourth-order valence-electron chi connectivity index (χ4n) is 2.91. The lowest BCUT2D eigenvalue weighted by Gasteiger charge is -2.30. The average molecular weight is 327 g/mol. The number of halogens is 1. The number of rotatable bonds is 5.